The lowest BCUT2D eigenvalue weighted by Crippen LogP contribution is -2.22. The fraction of sp³-hybridized carbons (Fsp3) is 0.714. The smallest absolute Gasteiger partial charge is 0.0762 e. The summed E-state index contributed by atoms with van der Waals surface area (Å²) in [5.74, 6) is 0. The molecule has 1 saturated heterocycles. The van der Waals surface area contributed by atoms with Gasteiger partial charge in [0.05, 0.1) is 11.7 Å². The van der Waals surface area contributed by atoms with Crippen LogP contribution in [0.1, 0.15) is 39.2 Å². The molecule has 1 unspecified atom stereocenters. The van der Waals surface area contributed by atoms with Crippen LogP contribution in [0, 0.1) is 0 Å². The van der Waals surface area contributed by atoms with Crippen molar-refractivity contribution in [2.45, 2.75) is 58.4 Å². The van der Waals surface area contributed by atoms with Crippen molar-refractivity contribution in [3.8, 4) is 0 Å². The summed E-state index contributed by atoms with van der Waals surface area (Å²) in [5.41, 5.74) is 1.42. The number of ether oxygens (including phenoxy) is 1. The third-order valence-corrected chi connectivity index (χ3v) is 3.36. The number of hydrogen-bond donors (Lipinski definition) is 1. The molecule has 1 aliphatic heterocycles. The molecular weight excluding hydrogens is 212 g/mol. The van der Waals surface area contributed by atoms with Gasteiger partial charge in [-0.1, -0.05) is 6.92 Å². The quantitative estimate of drug-likeness (QED) is 0.850. The van der Waals surface area contributed by atoms with Crippen molar-refractivity contribution in [1.29, 1.82) is 0 Å². The number of nitrogens with one attached hydrogen (secondary N) is 1. The second-order valence-corrected chi connectivity index (χ2v) is 5.54. The minimum absolute atomic E-state index is 0.0738. The maximum atomic E-state index is 6.01. The van der Waals surface area contributed by atoms with Crippen molar-refractivity contribution in [1.82, 2.24) is 9.88 Å². The lowest BCUT2D eigenvalue weighted by atomic mass is 10.1. The normalized spacial score (nSPS) is 23.1. The molecule has 3 heteroatoms. The highest BCUT2D eigenvalue weighted by atomic mass is 16.5. The minimum atomic E-state index is 0.0738. The Hall–Kier alpha value is -0.800. The maximum absolute atomic E-state index is 6.01. The van der Waals surface area contributed by atoms with Gasteiger partial charge in [0.15, 0.2) is 0 Å². The van der Waals surface area contributed by atoms with Crippen molar-refractivity contribution in [3.05, 3.63) is 24.0 Å². The molecule has 2 rings (SSSR count). The number of nitrogens with zero attached hydrogens (tertiary/aromatic N) is 1. The van der Waals surface area contributed by atoms with Crippen LogP contribution in [0.15, 0.2) is 18.5 Å². The van der Waals surface area contributed by atoms with Crippen molar-refractivity contribution >= 4 is 0 Å². The van der Waals surface area contributed by atoms with Gasteiger partial charge in [0.1, 0.15) is 0 Å². The molecule has 0 bridgehead atoms. The molecule has 96 valence electrons. The van der Waals surface area contributed by atoms with Crippen molar-refractivity contribution in [3.63, 3.8) is 0 Å². The van der Waals surface area contributed by atoms with Crippen molar-refractivity contribution in [2.24, 2.45) is 0 Å². The van der Waals surface area contributed by atoms with Gasteiger partial charge in [-0.05, 0) is 44.9 Å². The first-order chi connectivity index (χ1) is 8.09. The van der Waals surface area contributed by atoms with E-state index in [0.717, 1.165) is 19.6 Å². The molecule has 1 aromatic rings. The first kappa shape index (κ1) is 12.7. The van der Waals surface area contributed by atoms with Gasteiger partial charge in [-0.15, -0.1) is 0 Å². The van der Waals surface area contributed by atoms with Gasteiger partial charge in [0.2, 0.25) is 0 Å². The molecule has 1 fully saturated rings. The highest BCUT2D eigenvalue weighted by Crippen LogP contribution is 2.30. The van der Waals surface area contributed by atoms with Crippen LogP contribution in [-0.2, 0) is 17.8 Å². The van der Waals surface area contributed by atoms with E-state index < -0.39 is 0 Å². The largest absolute Gasteiger partial charge is 0.370 e. The highest BCUT2D eigenvalue weighted by Gasteiger charge is 2.31. The Kier molecular flexibility index (Phi) is 3.89. The summed E-state index contributed by atoms with van der Waals surface area (Å²) in [6, 6.07) is 2.18. The lowest BCUT2D eigenvalue weighted by molar-refractivity contribution is -0.0216. The average Bonchev–Trinajstić information content (AvgIpc) is 2.83. The van der Waals surface area contributed by atoms with E-state index in [2.05, 4.69) is 49.1 Å². The van der Waals surface area contributed by atoms with Crippen LogP contribution < -0.4 is 5.32 Å². The molecule has 3 nitrogen and oxygen atoms in total. The van der Waals surface area contributed by atoms with E-state index in [1.54, 1.807) is 0 Å². The maximum Gasteiger partial charge on any atom is 0.0762 e. The Labute approximate surface area is 104 Å². The molecular formula is C14H24N2O. The minimum Gasteiger partial charge on any atom is -0.370 e. The van der Waals surface area contributed by atoms with E-state index in [0.29, 0.717) is 6.10 Å². The summed E-state index contributed by atoms with van der Waals surface area (Å²) < 4.78 is 8.26. The van der Waals surface area contributed by atoms with E-state index in [9.17, 15) is 0 Å². The van der Waals surface area contributed by atoms with E-state index >= 15 is 0 Å². The Balaban J connectivity index is 1.85. The molecule has 2 heterocycles. The number of rotatable bonds is 5. The lowest BCUT2D eigenvalue weighted by Gasteiger charge is -2.19. The topological polar surface area (TPSA) is 26.2 Å². The molecule has 0 aromatic carbocycles. The fourth-order valence-corrected chi connectivity index (χ4v) is 2.42. The van der Waals surface area contributed by atoms with Crippen LogP contribution >= 0.6 is 0 Å². The van der Waals surface area contributed by atoms with Gasteiger partial charge in [-0.2, -0.15) is 0 Å². The van der Waals surface area contributed by atoms with Gasteiger partial charge in [-0.3, -0.25) is 0 Å². The van der Waals surface area contributed by atoms with Crippen molar-refractivity contribution in [2.75, 3.05) is 6.54 Å². The van der Waals surface area contributed by atoms with Gasteiger partial charge >= 0.3 is 0 Å². The summed E-state index contributed by atoms with van der Waals surface area (Å²) in [6.07, 6.45) is 7.10. The monoisotopic (exact) mass is 236 g/mol. The first-order valence-corrected chi connectivity index (χ1v) is 6.62. The predicted molar refractivity (Wildman–Crippen MR) is 70.0 cm³/mol. The summed E-state index contributed by atoms with van der Waals surface area (Å²) >= 11 is 0. The first-order valence-electron chi connectivity index (χ1n) is 6.62. The summed E-state index contributed by atoms with van der Waals surface area (Å²) in [7, 11) is 0. The van der Waals surface area contributed by atoms with Crippen molar-refractivity contribution < 1.29 is 4.74 Å². The molecule has 1 N–H and O–H groups in total. The third-order valence-electron chi connectivity index (χ3n) is 3.36. The van der Waals surface area contributed by atoms with E-state index in [1.807, 2.05) is 0 Å². The van der Waals surface area contributed by atoms with Gasteiger partial charge in [-0.25, -0.2) is 0 Å². The second-order valence-electron chi connectivity index (χ2n) is 5.54. The van der Waals surface area contributed by atoms with Crippen LogP contribution in [0.4, 0.5) is 0 Å². The van der Waals surface area contributed by atoms with E-state index in [1.165, 1.54) is 18.4 Å². The molecule has 1 aromatic heterocycles. The molecule has 17 heavy (non-hydrogen) atoms. The zero-order chi connectivity index (χ0) is 12.3. The van der Waals surface area contributed by atoms with E-state index in [4.69, 9.17) is 4.74 Å². The standard InChI is InChI=1S/C14H24N2O/c1-4-15-9-12-6-8-16(10-12)11-13-5-7-14(2,3)17-13/h6,8,10,13,15H,4-5,7,9,11H2,1-3H3. The summed E-state index contributed by atoms with van der Waals surface area (Å²) in [4.78, 5) is 0. The molecule has 1 atom stereocenters. The molecule has 0 amide bonds. The Morgan fingerprint density at radius 2 is 2.35 bits per heavy atom. The van der Waals surface area contributed by atoms with Crippen LogP contribution in [0.3, 0.4) is 0 Å². The summed E-state index contributed by atoms with van der Waals surface area (Å²) in [5, 5.41) is 3.34. The van der Waals surface area contributed by atoms with Crippen LogP contribution in [0.25, 0.3) is 0 Å². The predicted octanol–water partition coefficient (Wildman–Crippen LogP) is 2.56. The van der Waals surface area contributed by atoms with Crippen LogP contribution in [0.2, 0.25) is 0 Å². The number of aromatic nitrogens is 1. The Morgan fingerprint density at radius 3 is 3.00 bits per heavy atom. The Morgan fingerprint density at radius 1 is 1.53 bits per heavy atom. The molecule has 0 radical (unpaired) electrons. The van der Waals surface area contributed by atoms with Crippen LogP contribution in [0.5, 0.6) is 0 Å². The average molecular weight is 236 g/mol. The molecule has 0 aliphatic carbocycles. The van der Waals surface area contributed by atoms with Gasteiger partial charge in [0.25, 0.3) is 0 Å². The third kappa shape index (κ3) is 3.58. The van der Waals surface area contributed by atoms with Gasteiger partial charge < -0.3 is 14.6 Å². The molecule has 1 aliphatic rings. The van der Waals surface area contributed by atoms with Gasteiger partial charge in [0, 0.05) is 25.5 Å². The fourth-order valence-electron chi connectivity index (χ4n) is 2.42. The second kappa shape index (κ2) is 5.23. The Bertz CT molecular complexity index is 357. The summed E-state index contributed by atoms with van der Waals surface area (Å²) in [6.45, 7) is 9.45. The van der Waals surface area contributed by atoms with Crippen LogP contribution in [-0.4, -0.2) is 22.8 Å². The van der Waals surface area contributed by atoms with E-state index in [-0.39, 0.29) is 5.60 Å². The zero-order valence-electron chi connectivity index (χ0n) is 11.2. The zero-order valence-corrected chi connectivity index (χ0v) is 11.2. The highest BCUT2D eigenvalue weighted by molar-refractivity contribution is 5.10. The SMILES string of the molecule is CCNCc1ccn(CC2CCC(C)(C)O2)c1. The number of hydrogen-bond acceptors (Lipinski definition) is 2. The molecule has 0 saturated carbocycles. The molecule has 0 spiro atoms.